The third-order valence-electron chi connectivity index (χ3n) is 2.52. The van der Waals surface area contributed by atoms with Crippen LogP contribution in [0.4, 0.5) is 5.69 Å². The first-order chi connectivity index (χ1) is 9.11. The van der Waals surface area contributed by atoms with E-state index in [4.69, 9.17) is 16.7 Å². The molecule has 0 saturated heterocycles. The first kappa shape index (κ1) is 13.4. The zero-order chi connectivity index (χ0) is 13.8. The highest BCUT2D eigenvalue weighted by Gasteiger charge is 2.13. The Morgan fingerprint density at radius 3 is 2.89 bits per heavy atom. The van der Waals surface area contributed by atoms with Crippen molar-refractivity contribution >= 4 is 17.3 Å². The summed E-state index contributed by atoms with van der Waals surface area (Å²) in [6, 6.07) is 4.34. The smallest absolute Gasteiger partial charge is 0.288 e. The molecule has 0 fully saturated rings. The molecule has 0 aliphatic carbocycles. The van der Waals surface area contributed by atoms with E-state index in [9.17, 15) is 10.1 Å². The van der Waals surface area contributed by atoms with Crippen LogP contribution in [-0.2, 0) is 6.42 Å². The van der Waals surface area contributed by atoms with Crippen LogP contribution in [0.5, 0.6) is 0 Å². The van der Waals surface area contributed by atoms with Crippen LogP contribution in [0.25, 0.3) is 5.69 Å². The molecule has 2 aromatic rings. The number of aromatic nitrogens is 3. The standard InChI is InChI=1S/C11H11ClN4O3/c12-10-6-9(3-4-11(10)16(18)19)15-7-8(13-14-15)2-1-5-17/h3-4,6-7,17H,1-2,5H2. The van der Waals surface area contributed by atoms with Gasteiger partial charge in [0, 0.05) is 12.7 Å². The molecule has 0 saturated carbocycles. The largest absolute Gasteiger partial charge is 0.396 e. The number of hydrogen-bond donors (Lipinski definition) is 1. The van der Waals surface area contributed by atoms with Gasteiger partial charge in [-0.3, -0.25) is 10.1 Å². The summed E-state index contributed by atoms with van der Waals surface area (Å²) < 4.78 is 1.49. The van der Waals surface area contributed by atoms with Gasteiger partial charge in [0.15, 0.2) is 0 Å². The maximum absolute atomic E-state index is 10.7. The Kier molecular flexibility index (Phi) is 4.08. The van der Waals surface area contributed by atoms with E-state index in [0.717, 1.165) is 5.69 Å². The Bertz CT molecular complexity index is 599. The van der Waals surface area contributed by atoms with E-state index in [0.29, 0.717) is 18.5 Å². The Morgan fingerprint density at radius 2 is 2.26 bits per heavy atom. The molecule has 0 unspecified atom stereocenters. The van der Waals surface area contributed by atoms with Gasteiger partial charge in [0.2, 0.25) is 0 Å². The SMILES string of the molecule is O=[N+]([O-])c1ccc(-n2cc(CCCO)nn2)cc1Cl. The number of benzene rings is 1. The molecule has 0 radical (unpaired) electrons. The molecule has 0 bridgehead atoms. The molecule has 0 aliphatic heterocycles. The van der Waals surface area contributed by atoms with Crippen molar-refractivity contribution in [2.24, 2.45) is 0 Å². The van der Waals surface area contributed by atoms with E-state index in [2.05, 4.69) is 10.3 Å². The fourth-order valence-corrected chi connectivity index (χ4v) is 1.83. The number of nitro groups is 1. The Hall–Kier alpha value is -1.99. The Labute approximate surface area is 113 Å². The lowest BCUT2D eigenvalue weighted by atomic mass is 10.2. The van der Waals surface area contributed by atoms with Crippen LogP contribution in [0, 0.1) is 10.1 Å². The quantitative estimate of drug-likeness (QED) is 0.666. The molecule has 1 aromatic carbocycles. The monoisotopic (exact) mass is 282 g/mol. The number of aliphatic hydroxyl groups excluding tert-OH is 1. The lowest BCUT2D eigenvalue weighted by molar-refractivity contribution is -0.384. The lowest BCUT2D eigenvalue weighted by Gasteiger charge is -2.01. The van der Waals surface area contributed by atoms with Crippen LogP contribution >= 0.6 is 11.6 Å². The number of hydrogen-bond acceptors (Lipinski definition) is 5. The summed E-state index contributed by atoms with van der Waals surface area (Å²) >= 11 is 5.83. The lowest BCUT2D eigenvalue weighted by Crippen LogP contribution is -1.96. The van der Waals surface area contributed by atoms with Crippen molar-refractivity contribution < 1.29 is 10.0 Å². The second kappa shape index (κ2) is 5.77. The summed E-state index contributed by atoms with van der Waals surface area (Å²) in [5, 5.41) is 27.3. The second-order valence-corrected chi connectivity index (χ2v) is 4.28. The third-order valence-corrected chi connectivity index (χ3v) is 2.83. The molecular weight excluding hydrogens is 272 g/mol. The van der Waals surface area contributed by atoms with Gasteiger partial charge in [-0.2, -0.15) is 0 Å². The molecule has 8 heteroatoms. The Morgan fingerprint density at radius 1 is 1.47 bits per heavy atom. The highest BCUT2D eigenvalue weighted by Crippen LogP contribution is 2.26. The topological polar surface area (TPSA) is 94.1 Å². The molecular formula is C11H11ClN4O3. The zero-order valence-corrected chi connectivity index (χ0v) is 10.6. The Balaban J connectivity index is 2.24. The summed E-state index contributed by atoms with van der Waals surface area (Å²) in [6.45, 7) is 0.0935. The summed E-state index contributed by atoms with van der Waals surface area (Å²) in [4.78, 5) is 10.1. The van der Waals surface area contributed by atoms with Crippen molar-refractivity contribution in [3.63, 3.8) is 0 Å². The molecule has 0 amide bonds. The van der Waals surface area contributed by atoms with Crippen LogP contribution < -0.4 is 0 Å². The van der Waals surface area contributed by atoms with Gasteiger partial charge in [-0.05, 0) is 25.0 Å². The molecule has 100 valence electrons. The van der Waals surface area contributed by atoms with Gasteiger partial charge in [0.05, 0.1) is 22.5 Å². The summed E-state index contributed by atoms with van der Waals surface area (Å²) in [5.41, 5.74) is 1.19. The molecule has 19 heavy (non-hydrogen) atoms. The van der Waals surface area contributed by atoms with E-state index < -0.39 is 4.92 Å². The zero-order valence-electron chi connectivity index (χ0n) is 9.86. The van der Waals surface area contributed by atoms with Gasteiger partial charge >= 0.3 is 0 Å². The van der Waals surface area contributed by atoms with Gasteiger partial charge < -0.3 is 5.11 Å². The first-order valence-corrected chi connectivity index (χ1v) is 5.96. The number of nitrogens with zero attached hydrogens (tertiary/aromatic N) is 4. The van der Waals surface area contributed by atoms with Gasteiger partial charge in [0.25, 0.3) is 5.69 Å². The van der Waals surface area contributed by atoms with Crippen molar-refractivity contribution in [1.82, 2.24) is 15.0 Å². The van der Waals surface area contributed by atoms with Crippen molar-refractivity contribution in [3.05, 3.63) is 45.2 Å². The van der Waals surface area contributed by atoms with Crippen LogP contribution in [0.2, 0.25) is 5.02 Å². The molecule has 2 rings (SSSR count). The summed E-state index contributed by atoms with van der Waals surface area (Å²) in [7, 11) is 0. The number of nitro benzene ring substituents is 1. The maximum Gasteiger partial charge on any atom is 0.288 e. The minimum atomic E-state index is -0.542. The van der Waals surface area contributed by atoms with E-state index >= 15 is 0 Å². The van der Waals surface area contributed by atoms with E-state index in [1.165, 1.54) is 16.8 Å². The van der Waals surface area contributed by atoms with Crippen molar-refractivity contribution in [2.45, 2.75) is 12.8 Å². The predicted molar refractivity (Wildman–Crippen MR) is 68.4 cm³/mol. The number of halogens is 1. The molecule has 7 nitrogen and oxygen atoms in total. The number of rotatable bonds is 5. The van der Waals surface area contributed by atoms with Crippen LogP contribution in [0.3, 0.4) is 0 Å². The predicted octanol–water partition coefficient (Wildman–Crippen LogP) is 1.75. The summed E-state index contributed by atoms with van der Waals surface area (Å²) in [6.07, 6.45) is 2.93. The molecule has 1 aromatic heterocycles. The minimum Gasteiger partial charge on any atom is -0.396 e. The molecule has 0 atom stereocenters. The molecule has 0 spiro atoms. The van der Waals surface area contributed by atoms with Crippen LogP contribution in [-0.4, -0.2) is 31.6 Å². The van der Waals surface area contributed by atoms with Gasteiger partial charge in [-0.1, -0.05) is 16.8 Å². The van der Waals surface area contributed by atoms with E-state index in [1.807, 2.05) is 0 Å². The average Bonchev–Trinajstić information content (AvgIpc) is 2.84. The van der Waals surface area contributed by atoms with Crippen molar-refractivity contribution in [1.29, 1.82) is 0 Å². The number of aryl methyl sites for hydroxylation is 1. The van der Waals surface area contributed by atoms with Crippen LogP contribution in [0.15, 0.2) is 24.4 Å². The van der Waals surface area contributed by atoms with Gasteiger partial charge in [-0.15, -0.1) is 5.10 Å². The summed E-state index contributed by atoms with van der Waals surface area (Å²) in [5.74, 6) is 0. The van der Waals surface area contributed by atoms with Crippen molar-refractivity contribution in [2.75, 3.05) is 6.61 Å². The van der Waals surface area contributed by atoms with Gasteiger partial charge in [0.1, 0.15) is 5.02 Å². The second-order valence-electron chi connectivity index (χ2n) is 3.87. The maximum atomic E-state index is 10.7. The first-order valence-electron chi connectivity index (χ1n) is 5.58. The molecule has 0 aliphatic rings. The third kappa shape index (κ3) is 3.07. The highest BCUT2D eigenvalue weighted by molar-refractivity contribution is 6.32. The highest BCUT2D eigenvalue weighted by atomic mass is 35.5. The molecule has 1 N–H and O–H groups in total. The average molecular weight is 283 g/mol. The van der Waals surface area contributed by atoms with Crippen LogP contribution in [0.1, 0.15) is 12.1 Å². The minimum absolute atomic E-state index is 0.0508. The van der Waals surface area contributed by atoms with Gasteiger partial charge in [-0.25, -0.2) is 4.68 Å². The normalized spacial score (nSPS) is 10.6. The van der Waals surface area contributed by atoms with E-state index in [-0.39, 0.29) is 17.3 Å². The fraction of sp³-hybridized carbons (Fsp3) is 0.273. The fourth-order valence-electron chi connectivity index (χ4n) is 1.59. The van der Waals surface area contributed by atoms with E-state index in [1.54, 1.807) is 12.3 Å². The molecule has 1 heterocycles. The number of aliphatic hydroxyl groups is 1. The van der Waals surface area contributed by atoms with Crippen molar-refractivity contribution in [3.8, 4) is 5.69 Å².